The van der Waals surface area contributed by atoms with Crippen LogP contribution >= 0.6 is 18.6 Å². The van der Waals surface area contributed by atoms with Gasteiger partial charge in [-0.2, -0.15) is 0 Å². The normalized spacial score (nSPS) is 16.4. The molecule has 0 bridgehead atoms. The fourth-order valence-electron chi connectivity index (χ4n) is 7.39. The lowest BCUT2D eigenvalue weighted by atomic mass is 9.70. The van der Waals surface area contributed by atoms with Crippen LogP contribution in [0.3, 0.4) is 0 Å². The Kier molecular flexibility index (Phi) is 13.8. The molecule has 3 atom stereocenters. The van der Waals surface area contributed by atoms with Crippen molar-refractivity contribution < 1.29 is 32.8 Å². The van der Waals surface area contributed by atoms with Gasteiger partial charge >= 0.3 is 5.97 Å². The number of allylic oxidation sites excluding steroid dienone is 1. The first-order valence-electron chi connectivity index (χ1n) is 19.4. The van der Waals surface area contributed by atoms with Crippen LogP contribution in [0.1, 0.15) is 39.0 Å². The van der Waals surface area contributed by atoms with Crippen molar-refractivity contribution in [3.8, 4) is 5.75 Å². The Bertz CT molecular complexity index is 2160. The maximum absolute atomic E-state index is 15.5. The summed E-state index contributed by atoms with van der Waals surface area (Å²) in [6, 6.07) is 38.6. The summed E-state index contributed by atoms with van der Waals surface area (Å²) in [6.45, 7) is 9.28. The Morgan fingerprint density at radius 3 is 1.88 bits per heavy atom. The minimum atomic E-state index is -3.26. The van der Waals surface area contributed by atoms with E-state index in [0.29, 0.717) is 23.6 Å². The van der Waals surface area contributed by atoms with Gasteiger partial charge in [-0.1, -0.05) is 147 Å². The molecule has 1 fully saturated rings. The summed E-state index contributed by atoms with van der Waals surface area (Å²) in [5, 5.41) is 5.53. The van der Waals surface area contributed by atoms with Crippen molar-refractivity contribution in [1.82, 2.24) is 10.1 Å². The van der Waals surface area contributed by atoms with E-state index in [1.165, 1.54) is 6.26 Å². The van der Waals surface area contributed by atoms with Crippen LogP contribution in [0, 0.1) is 17.3 Å². The molecule has 0 unspecified atom stereocenters. The van der Waals surface area contributed by atoms with Crippen LogP contribution in [0.15, 0.2) is 138 Å². The second kappa shape index (κ2) is 18.8. The van der Waals surface area contributed by atoms with E-state index in [2.05, 4.69) is 39.0 Å². The number of amides is 1. The maximum atomic E-state index is 15.5. The van der Waals surface area contributed by atoms with E-state index < -0.39 is 38.6 Å². The van der Waals surface area contributed by atoms with Crippen LogP contribution < -0.4 is 20.7 Å². The van der Waals surface area contributed by atoms with Gasteiger partial charge in [0.25, 0.3) is 0 Å². The van der Waals surface area contributed by atoms with Crippen molar-refractivity contribution in [2.75, 3.05) is 13.7 Å². The predicted molar refractivity (Wildman–Crippen MR) is 238 cm³/mol. The Hall–Kier alpha value is -4.93. The molecule has 1 aliphatic rings. The number of methoxy groups -OCH3 is 1. The van der Waals surface area contributed by atoms with Gasteiger partial charge in [-0.3, -0.25) is 14.5 Å². The Balaban J connectivity index is 1.65. The zero-order valence-corrected chi connectivity index (χ0v) is 36.9. The number of rotatable bonds is 15. The number of nitrogens with zero attached hydrogens (tertiary/aromatic N) is 2. The van der Waals surface area contributed by atoms with E-state index in [4.69, 9.17) is 18.4 Å². The third-order valence-electron chi connectivity index (χ3n) is 10.4. The highest BCUT2D eigenvalue weighted by Crippen LogP contribution is 2.53. The summed E-state index contributed by atoms with van der Waals surface area (Å²) in [4.78, 5) is 47.1. The molecule has 9 nitrogen and oxygen atoms in total. The van der Waals surface area contributed by atoms with Gasteiger partial charge in [0.2, 0.25) is 11.0 Å². The van der Waals surface area contributed by atoms with Crippen molar-refractivity contribution in [1.29, 1.82) is 0 Å². The first-order valence-corrected chi connectivity index (χ1v) is 24.8. The number of carbonyl (C=O) groups excluding carboxylic acids is 3. The predicted octanol–water partition coefficient (Wildman–Crippen LogP) is 7.66. The van der Waals surface area contributed by atoms with E-state index in [9.17, 15) is 4.79 Å². The second-order valence-electron chi connectivity index (χ2n) is 15.4. The van der Waals surface area contributed by atoms with Crippen LogP contribution in [-0.4, -0.2) is 60.6 Å². The first kappa shape index (κ1) is 42.7. The number of esters is 1. The van der Waals surface area contributed by atoms with Crippen LogP contribution in [0.2, 0.25) is 13.1 Å². The SMILES string of the molecule is CC=C(C(=O)S[C@@H]1[C@@H]([C@@H](CO[SiH](C)C)C(C)(C)C)C(=O)N1C(C(=O)OCc1ccc(OC)cc1)=P(c1ccccc1)(c1ccccc1)c1ccccc1)c1ccon1. The van der Waals surface area contributed by atoms with Crippen molar-refractivity contribution in [2.24, 2.45) is 17.3 Å². The smallest absolute Gasteiger partial charge is 0.356 e. The largest absolute Gasteiger partial charge is 0.497 e. The number of hydrogen-bond acceptors (Lipinski definition) is 9. The van der Waals surface area contributed by atoms with Gasteiger partial charge < -0.3 is 18.4 Å². The third kappa shape index (κ3) is 8.88. The molecule has 1 amide bonds. The third-order valence-corrected chi connectivity index (χ3v) is 16.7. The molecule has 1 aromatic heterocycles. The molecule has 0 N–H and O–H groups in total. The average molecular weight is 835 g/mol. The molecule has 6 rings (SSSR count). The summed E-state index contributed by atoms with van der Waals surface area (Å²) in [6.07, 6.45) is 3.12. The molecule has 5 aromatic rings. The fourth-order valence-corrected chi connectivity index (χ4v) is 13.8. The number of benzene rings is 4. The number of hydrogen-bond donors (Lipinski definition) is 0. The van der Waals surface area contributed by atoms with Gasteiger partial charge in [0.05, 0.1) is 18.6 Å². The van der Waals surface area contributed by atoms with E-state index in [-0.39, 0.29) is 29.0 Å². The summed E-state index contributed by atoms with van der Waals surface area (Å²) in [5.41, 5.74) is 1.28. The maximum Gasteiger partial charge on any atom is 0.356 e. The van der Waals surface area contributed by atoms with Crippen LogP contribution in [-0.2, 0) is 30.2 Å². The Morgan fingerprint density at radius 1 is 0.879 bits per heavy atom. The summed E-state index contributed by atoms with van der Waals surface area (Å²) in [5.74, 6) is -1.19. The summed E-state index contributed by atoms with van der Waals surface area (Å²) >= 11 is 1.03. The fraction of sp³-hybridized carbons (Fsp3) is 0.283. The minimum absolute atomic E-state index is 0.0563. The van der Waals surface area contributed by atoms with Gasteiger partial charge in [0.15, 0.2) is 9.04 Å². The summed E-state index contributed by atoms with van der Waals surface area (Å²) < 4.78 is 23.2. The molecule has 2 heterocycles. The molecule has 4 aromatic carbocycles. The summed E-state index contributed by atoms with van der Waals surface area (Å²) in [7, 11) is 0.0895. The van der Waals surface area contributed by atoms with Crippen molar-refractivity contribution in [3.63, 3.8) is 0 Å². The highest BCUT2D eigenvalue weighted by molar-refractivity contribution is 8.15. The number of carbonyl (C=O) groups is 3. The van der Waals surface area contributed by atoms with E-state index >= 15 is 9.59 Å². The van der Waals surface area contributed by atoms with Crippen molar-refractivity contribution in [2.45, 2.75) is 52.8 Å². The molecule has 58 heavy (non-hydrogen) atoms. The molecular weight excluding hydrogens is 784 g/mol. The van der Waals surface area contributed by atoms with Gasteiger partial charge in [0, 0.05) is 25.5 Å². The van der Waals surface area contributed by atoms with Gasteiger partial charge in [-0.15, -0.1) is 0 Å². The standard InChI is InChI=1S/C46H51N2O7PSSi/c1-8-37(39-28-29-54-47-39)45(51)57-43-40(38(46(2,3)4)31-55-58(6)7)41(49)48(43)42(44(50)53-30-32-24-26-33(52-5)27-25-32)56(34-18-12-9-13-19-34,35-20-14-10-15-21-35)36-22-16-11-17-23-36/h8-29,38,40,43,58H,30-31H2,1-7H3/t38-,40+,43-/m1/s1. The average Bonchev–Trinajstić information content (AvgIpc) is 3.77. The number of aromatic nitrogens is 1. The number of likely N-dealkylation sites (tertiary alicyclic amines) is 1. The highest BCUT2D eigenvalue weighted by atomic mass is 32.2. The molecule has 0 radical (unpaired) electrons. The van der Waals surface area contributed by atoms with Crippen LogP contribution in [0.4, 0.5) is 0 Å². The van der Waals surface area contributed by atoms with E-state index in [0.717, 1.165) is 33.2 Å². The van der Waals surface area contributed by atoms with Crippen molar-refractivity contribution >= 4 is 71.6 Å². The quantitative estimate of drug-likeness (QED) is 0.0346. The van der Waals surface area contributed by atoms with Crippen LogP contribution in [0.25, 0.3) is 5.57 Å². The van der Waals surface area contributed by atoms with Crippen molar-refractivity contribution in [3.05, 3.63) is 145 Å². The lowest BCUT2D eigenvalue weighted by Crippen LogP contribution is -2.68. The zero-order chi connectivity index (χ0) is 41.5. The van der Waals surface area contributed by atoms with Crippen LogP contribution in [0.5, 0.6) is 5.75 Å². The number of thioether (sulfide) groups is 1. The lowest BCUT2D eigenvalue weighted by molar-refractivity contribution is -0.153. The first-order chi connectivity index (χ1) is 27.9. The minimum Gasteiger partial charge on any atom is -0.497 e. The number of β-lactam (4-membered cyclic amide) rings is 1. The van der Waals surface area contributed by atoms with Gasteiger partial charge in [-0.25, -0.2) is 4.79 Å². The van der Waals surface area contributed by atoms with E-state index in [1.54, 1.807) is 31.1 Å². The lowest BCUT2D eigenvalue weighted by Gasteiger charge is -2.53. The number of ether oxygens (including phenoxy) is 2. The molecule has 0 spiro atoms. The topological polar surface area (TPSA) is 108 Å². The molecule has 1 saturated heterocycles. The Morgan fingerprint density at radius 2 is 1.43 bits per heavy atom. The monoisotopic (exact) mass is 834 g/mol. The van der Waals surface area contributed by atoms with E-state index in [1.807, 2.05) is 115 Å². The molecular formula is C46H51N2O7PSSi. The zero-order valence-electron chi connectivity index (χ0n) is 34.0. The van der Waals surface area contributed by atoms with Gasteiger partial charge in [-0.05, 0) is 59.0 Å². The highest BCUT2D eigenvalue weighted by Gasteiger charge is 2.59. The molecule has 1 aliphatic heterocycles. The molecule has 12 heteroatoms. The molecule has 302 valence electrons. The second-order valence-corrected chi connectivity index (χ2v) is 22.2. The van der Waals surface area contributed by atoms with Gasteiger partial charge in [0.1, 0.15) is 35.1 Å². The Labute approximate surface area is 347 Å². The molecule has 0 saturated carbocycles. The molecule has 0 aliphatic carbocycles.